The summed E-state index contributed by atoms with van der Waals surface area (Å²) in [4.78, 5) is 0. The zero-order valence-electron chi connectivity index (χ0n) is 4.13. The molecule has 0 saturated heterocycles. The summed E-state index contributed by atoms with van der Waals surface area (Å²) < 4.78 is 13.3. The number of benzene rings is 1. The van der Waals surface area contributed by atoms with Gasteiger partial charge in [-0.1, -0.05) is 0 Å². The predicted molar refractivity (Wildman–Crippen MR) is 31.8 cm³/mol. The summed E-state index contributed by atoms with van der Waals surface area (Å²) in [5, 5.41) is 0. The predicted octanol–water partition coefficient (Wildman–Crippen LogP) is 0.619. The van der Waals surface area contributed by atoms with Crippen molar-refractivity contribution in [3.8, 4) is 0 Å². The minimum atomic E-state index is -0.153. The molecule has 1 aromatic carbocycles. The molecule has 1 rings (SSSR count). The first-order valence-electron chi connectivity index (χ1n) is 2.23. The van der Waals surface area contributed by atoms with Gasteiger partial charge in [0.25, 0.3) is 0 Å². The zero-order chi connectivity index (χ0) is 5.98. The number of hydrogen-bond acceptors (Lipinski definition) is 0. The Hall–Kier alpha value is 0.0331. The van der Waals surface area contributed by atoms with Gasteiger partial charge in [0.2, 0.25) is 0 Å². The van der Waals surface area contributed by atoms with E-state index < -0.39 is 0 Å². The van der Waals surface area contributed by atoms with Crippen molar-refractivity contribution in [1.82, 2.24) is 0 Å². The molecule has 2 radical (unpaired) electrons. The van der Waals surface area contributed by atoms with Gasteiger partial charge in [-0.2, -0.15) is 0 Å². The van der Waals surface area contributed by atoms with Gasteiger partial charge in [0.1, 0.15) is 0 Å². The summed E-state index contributed by atoms with van der Waals surface area (Å²) in [6.45, 7) is 0. The van der Waals surface area contributed by atoms with Gasteiger partial charge in [-0.05, 0) is 0 Å². The summed E-state index contributed by atoms with van der Waals surface area (Å²) in [5.41, 5.74) is 0. The third-order valence-corrected chi connectivity index (χ3v) is 1.99. The molecule has 0 nitrogen and oxygen atoms in total. The molecule has 0 aromatic heterocycles. The van der Waals surface area contributed by atoms with E-state index in [1.807, 2.05) is 0 Å². The molecule has 0 aliphatic rings. The monoisotopic (exact) mass is 304 g/mol. The van der Waals surface area contributed by atoms with E-state index in [2.05, 4.69) is 0 Å². The van der Waals surface area contributed by atoms with Crippen molar-refractivity contribution >= 4 is 28.0 Å². The first kappa shape index (κ1) is 6.16. The van der Waals surface area contributed by atoms with E-state index in [9.17, 15) is 4.39 Å². The Morgan fingerprint density at radius 1 is 1.12 bits per heavy atom. The Balaban J connectivity index is 3.03. The molecule has 0 spiro atoms. The SMILES string of the molecule is Fc1cc[c]([Bi])cc1. The van der Waals surface area contributed by atoms with Gasteiger partial charge >= 0.3 is 62.5 Å². The standard InChI is InChI=1S/C6H4F.Bi/c7-6-4-2-1-3-5-6;/h2-5H;. The van der Waals surface area contributed by atoms with Gasteiger partial charge in [-0.15, -0.1) is 0 Å². The normalized spacial score (nSPS) is 9.25. The quantitative estimate of drug-likeness (QED) is 0.617. The van der Waals surface area contributed by atoms with Crippen LogP contribution >= 0.6 is 0 Å². The van der Waals surface area contributed by atoms with Crippen molar-refractivity contribution in [3.05, 3.63) is 30.1 Å². The summed E-state index contributed by atoms with van der Waals surface area (Å²) in [5.74, 6) is -0.153. The van der Waals surface area contributed by atoms with E-state index >= 15 is 0 Å². The van der Waals surface area contributed by atoms with Crippen LogP contribution in [-0.2, 0) is 0 Å². The Labute approximate surface area is 62.6 Å². The van der Waals surface area contributed by atoms with Crippen LogP contribution < -0.4 is 3.27 Å². The third-order valence-electron chi connectivity index (χ3n) is 0.827. The average Bonchev–Trinajstić information content (AvgIpc) is 1.77. The second-order valence-electron chi connectivity index (χ2n) is 1.48. The maximum atomic E-state index is 12.1. The van der Waals surface area contributed by atoms with Crippen LogP contribution in [0.2, 0.25) is 0 Å². The third kappa shape index (κ3) is 1.52. The summed E-state index contributed by atoms with van der Waals surface area (Å²) >= 11 is 1.19. The molecule has 0 amide bonds. The second kappa shape index (κ2) is 2.54. The molecule has 0 unspecified atom stereocenters. The van der Waals surface area contributed by atoms with Crippen LogP contribution in [0.5, 0.6) is 0 Å². The summed E-state index contributed by atoms with van der Waals surface area (Å²) in [6, 6.07) is 6.55. The van der Waals surface area contributed by atoms with Gasteiger partial charge in [0.05, 0.1) is 0 Å². The minimum absolute atomic E-state index is 0.153. The van der Waals surface area contributed by atoms with E-state index in [1.165, 1.54) is 40.1 Å². The molecule has 40 valence electrons. The number of hydrogen-bond donors (Lipinski definition) is 0. The van der Waals surface area contributed by atoms with Gasteiger partial charge in [0, 0.05) is 0 Å². The Morgan fingerprint density at radius 3 is 2.00 bits per heavy atom. The van der Waals surface area contributed by atoms with Crippen LogP contribution in [0.15, 0.2) is 24.3 Å². The molecule has 2 heteroatoms. The first-order chi connectivity index (χ1) is 3.79. The fourth-order valence-electron chi connectivity index (χ4n) is 0.441. The Bertz CT molecular complexity index is 147. The van der Waals surface area contributed by atoms with Gasteiger partial charge < -0.3 is 0 Å². The molecule has 0 aliphatic heterocycles. The van der Waals surface area contributed by atoms with Crippen molar-refractivity contribution in [2.24, 2.45) is 0 Å². The number of halogens is 1. The van der Waals surface area contributed by atoms with Crippen molar-refractivity contribution in [2.45, 2.75) is 0 Å². The maximum absolute atomic E-state index is 12.1. The van der Waals surface area contributed by atoms with E-state index in [0.29, 0.717) is 0 Å². The van der Waals surface area contributed by atoms with Crippen LogP contribution in [-0.4, -0.2) is 24.7 Å². The van der Waals surface area contributed by atoms with Crippen molar-refractivity contribution in [3.63, 3.8) is 0 Å². The molecule has 0 N–H and O–H groups in total. The molecule has 0 heterocycles. The number of rotatable bonds is 0. The fraction of sp³-hybridized carbons (Fsp3) is 0. The van der Waals surface area contributed by atoms with Crippen LogP contribution in [0.1, 0.15) is 0 Å². The molecule has 0 saturated carbocycles. The van der Waals surface area contributed by atoms with Crippen LogP contribution in [0, 0.1) is 5.82 Å². The van der Waals surface area contributed by atoms with E-state index in [0.717, 1.165) is 0 Å². The van der Waals surface area contributed by atoms with Gasteiger partial charge in [-0.25, -0.2) is 0 Å². The summed E-state index contributed by atoms with van der Waals surface area (Å²) in [7, 11) is 0. The second-order valence-corrected chi connectivity index (χ2v) is 3.48. The van der Waals surface area contributed by atoms with Crippen molar-refractivity contribution in [1.29, 1.82) is 0 Å². The first-order valence-corrected chi connectivity index (χ1v) is 3.97. The molecule has 0 bridgehead atoms. The zero-order valence-corrected chi connectivity index (χ0v) is 7.61. The topological polar surface area (TPSA) is 0 Å². The fourth-order valence-corrected chi connectivity index (χ4v) is 1.02. The average molecular weight is 304 g/mol. The Kier molecular flexibility index (Phi) is 1.96. The van der Waals surface area contributed by atoms with Crippen LogP contribution in [0.4, 0.5) is 4.39 Å². The molecule has 0 atom stereocenters. The van der Waals surface area contributed by atoms with Crippen LogP contribution in [0.3, 0.4) is 0 Å². The van der Waals surface area contributed by atoms with Gasteiger partial charge in [0.15, 0.2) is 0 Å². The Morgan fingerprint density at radius 2 is 1.62 bits per heavy atom. The molecule has 0 aliphatic carbocycles. The molecule has 8 heavy (non-hydrogen) atoms. The molecular weight excluding hydrogens is 300 g/mol. The van der Waals surface area contributed by atoms with Crippen molar-refractivity contribution < 1.29 is 4.39 Å². The molecule has 1 aromatic rings. The van der Waals surface area contributed by atoms with E-state index in [-0.39, 0.29) is 5.82 Å². The van der Waals surface area contributed by atoms with Gasteiger partial charge in [-0.3, -0.25) is 0 Å². The molecular formula is C6H4BiF. The van der Waals surface area contributed by atoms with Crippen LogP contribution in [0.25, 0.3) is 0 Å². The van der Waals surface area contributed by atoms with E-state index in [4.69, 9.17) is 0 Å². The summed E-state index contributed by atoms with van der Waals surface area (Å²) in [6.07, 6.45) is 0. The van der Waals surface area contributed by atoms with Crippen molar-refractivity contribution in [2.75, 3.05) is 0 Å². The molecule has 0 fully saturated rings. The van der Waals surface area contributed by atoms with E-state index in [1.54, 1.807) is 12.1 Å².